The number of benzene rings is 1. The molecule has 2 rings (SSSR count). The summed E-state index contributed by atoms with van der Waals surface area (Å²) in [5.74, 6) is 1.41. The molecule has 0 aliphatic carbocycles. The van der Waals surface area contributed by atoms with Crippen LogP contribution in [0.25, 0.3) is 0 Å². The molecule has 0 fully saturated rings. The summed E-state index contributed by atoms with van der Waals surface area (Å²) in [5.41, 5.74) is 0.483. The molecule has 0 aromatic heterocycles. The van der Waals surface area contributed by atoms with Crippen molar-refractivity contribution in [1.82, 2.24) is 5.32 Å². The maximum Gasteiger partial charge on any atom is 0.229 e. The quantitative estimate of drug-likeness (QED) is 0.813. The summed E-state index contributed by atoms with van der Waals surface area (Å²) < 4.78 is 30.1. The molecule has 2 N–H and O–H groups in total. The van der Waals surface area contributed by atoms with Crippen LogP contribution < -0.4 is 14.8 Å². The lowest BCUT2D eigenvalue weighted by Gasteiger charge is -2.09. The predicted molar refractivity (Wildman–Crippen MR) is 70.7 cm³/mol. The zero-order valence-corrected chi connectivity index (χ0v) is 10.8. The molecule has 0 saturated heterocycles. The van der Waals surface area contributed by atoms with Gasteiger partial charge in [-0.2, -0.15) is 0 Å². The van der Waals surface area contributed by atoms with Crippen molar-refractivity contribution in [2.45, 2.75) is 0 Å². The molecule has 0 saturated carbocycles. The fourth-order valence-corrected chi connectivity index (χ4v) is 2.11. The average Bonchev–Trinajstić information content (AvgIpc) is 2.77. The number of sulfonamides is 1. The highest BCUT2D eigenvalue weighted by Crippen LogP contribution is 2.18. The normalized spacial score (nSPS) is 14.8. The summed E-state index contributed by atoms with van der Waals surface area (Å²) >= 11 is 0. The first-order valence-electron chi connectivity index (χ1n) is 5.51. The fraction of sp³-hybridized carbons (Fsp3) is 0.364. The third-order valence-corrected chi connectivity index (χ3v) is 2.86. The average molecular weight is 269 g/mol. The fourth-order valence-electron chi connectivity index (χ4n) is 1.56. The molecule has 0 bridgehead atoms. The van der Waals surface area contributed by atoms with E-state index in [0.717, 1.165) is 25.2 Å². The van der Waals surface area contributed by atoms with Crippen LogP contribution >= 0.6 is 0 Å². The molecule has 0 unspecified atom stereocenters. The first-order valence-corrected chi connectivity index (χ1v) is 7.40. The van der Waals surface area contributed by atoms with Crippen LogP contribution in [0.15, 0.2) is 29.3 Å². The lowest BCUT2D eigenvalue weighted by atomic mass is 10.3. The van der Waals surface area contributed by atoms with Gasteiger partial charge in [-0.25, -0.2) is 8.42 Å². The van der Waals surface area contributed by atoms with Gasteiger partial charge in [-0.3, -0.25) is 9.71 Å². The SMILES string of the molecule is CS(=O)(=O)Nc1cccc(OCC2=NCCN2)c1. The van der Waals surface area contributed by atoms with E-state index >= 15 is 0 Å². The van der Waals surface area contributed by atoms with Gasteiger partial charge in [-0.05, 0) is 12.1 Å². The molecule has 0 radical (unpaired) electrons. The van der Waals surface area contributed by atoms with Crippen molar-refractivity contribution in [2.24, 2.45) is 4.99 Å². The Labute approximate surface area is 106 Å². The molecule has 1 aromatic rings. The van der Waals surface area contributed by atoms with Gasteiger partial charge in [-0.15, -0.1) is 0 Å². The van der Waals surface area contributed by atoms with Crippen LogP contribution in [0.1, 0.15) is 0 Å². The molecule has 1 aromatic carbocycles. The summed E-state index contributed by atoms with van der Waals surface area (Å²) in [6.07, 6.45) is 1.11. The minimum atomic E-state index is -3.27. The van der Waals surface area contributed by atoms with E-state index in [1.54, 1.807) is 24.3 Å². The van der Waals surface area contributed by atoms with Crippen molar-refractivity contribution in [3.63, 3.8) is 0 Å². The number of anilines is 1. The summed E-state index contributed by atoms with van der Waals surface area (Å²) in [5, 5.41) is 3.09. The van der Waals surface area contributed by atoms with E-state index in [4.69, 9.17) is 4.74 Å². The third-order valence-electron chi connectivity index (χ3n) is 2.26. The smallest absolute Gasteiger partial charge is 0.229 e. The van der Waals surface area contributed by atoms with Crippen LogP contribution in [-0.2, 0) is 10.0 Å². The Balaban J connectivity index is 1.98. The summed E-state index contributed by atoms with van der Waals surface area (Å²) in [7, 11) is -3.27. The van der Waals surface area contributed by atoms with Crippen LogP contribution in [-0.4, -0.2) is 40.2 Å². The zero-order chi connectivity index (χ0) is 13.0. The lowest BCUT2D eigenvalue weighted by Crippen LogP contribution is -2.24. The van der Waals surface area contributed by atoms with Crippen LogP contribution in [0, 0.1) is 0 Å². The number of amidine groups is 1. The van der Waals surface area contributed by atoms with Gasteiger partial charge >= 0.3 is 0 Å². The Morgan fingerprint density at radius 1 is 1.50 bits per heavy atom. The van der Waals surface area contributed by atoms with Crippen molar-refractivity contribution >= 4 is 21.5 Å². The van der Waals surface area contributed by atoms with Gasteiger partial charge in [0.1, 0.15) is 18.2 Å². The predicted octanol–water partition coefficient (Wildman–Crippen LogP) is 0.439. The van der Waals surface area contributed by atoms with E-state index in [9.17, 15) is 8.42 Å². The number of rotatable bonds is 5. The van der Waals surface area contributed by atoms with E-state index in [2.05, 4.69) is 15.0 Å². The number of aliphatic imine (C=N–C) groups is 1. The molecule has 7 heteroatoms. The largest absolute Gasteiger partial charge is 0.486 e. The number of nitrogens with zero attached hydrogens (tertiary/aromatic N) is 1. The Kier molecular flexibility index (Phi) is 3.71. The highest BCUT2D eigenvalue weighted by Gasteiger charge is 2.06. The molecule has 0 atom stereocenters. The maximum atomic E-state index is 11.1. The molecule has 1 aliphatic heterocycles. The molecule has 0 spiro atoms. The van der Waals surface area contributed by atoms with E-state index in [1.807, 2.05) is 0 Å². The summed E-state index contributed by atoms with van der Waals surface area (Å²) in [6, 6.07) is 6.80. The van der Waals surface area contributed by atoms with Gasteiger partial charge in [0.25, 0.3) is 0 Å². The third kappa shape index (κ3) is 3.92. The Morgan fingerprint density at radius 2 is 2.33 bits per heavy atom. The van der Waals surface area contributed by atoms with Gasteiger partial charge in [0.2, 0.25) is 10.0 Å². The minimum absolute atomic E-state index is 0.363. The van der Waals surface area contributed by atoms with Gasteiger partial charge in [0, 0.05) is 12.6 Å². The highest BCUT2D eigenvalue weighted by molar-refractivity contribution is 7.92. The van der Waals surface area contributed by atoms with Crippen molar-refractivity contribution in [2.75, 3.05) is 30.7 Å². The van der Waals surface area contributed by atoms with Crippen LogP contribution in [0.3, 0.4) is 0 Å². The summed E-state index contributed by atoms with van der Waals surface area (Å²) in [6.45, 7) is 1.98. The second kappa shape index (κ2) is 5.26. The second-order valence-electron chi connectivity index (χ2n) is 3.95. The zero-order valence-electron chi connectivity index (χ0n) is 10.0. The first kappa shape index (κ1) is 12.7. The van der Waals surface area contributed by atoms with Gasteiger partial charge in [-0.1, -0.05) is 6.07 Å². The van der Waals surface area contributed by atoms with Crippen molar-refractivity contribution in [3.8, 4) is 5.75 Å². The maximum absolute atomic E-state index is 11.1. The van der Waals surface area contributed by atoms with Crippen molar-refractivity contribution in [1.29, 1.82) is 0 Å². The minimum Gasteiger partial charge on any atom is -0.486 e. The number of hydrogen-bond donors (Lipinski definition) is 2. The van der Waals surface area contributed by atoms with Gasteiger partial charge in [0.05, 0.1) is 18.5 Å². The monoisotopic (exact) mass is 269 g/mol. The Hall–Kier alpha value is -1.76. The first-order chi connectivity index (χ1) is 8.53. The van der Waals surface area contributed by atoms with E-state index in [-0.39, 0.29) is 0 Å². The van der Waals surface area contributed by atoms with Crippen molar-refractivity contribution < 1.29 is 13.2 Å². The molecule has 1 heterocycles. The molecule has 98 valence electrons. The second-order valence-corrected chi connectivity index (χ2v) is 5.69. The number of nitrogens with one attached hydrogen (secondary N) is 2. The van der Waals surface area contributed by atoms with Crippen molar-refractivity contribution in [3.05, 3.63) is 24.3 Å². The molecular formula is C11H15N3O3S. The van der Waals surface area contributed by atoms with E-state index in [1.165, 1.54) is 0 Å². The van der Waals surface area contributed by atoms with E-state index < -0.39 is 10.0 Å². The Bertz CT molecular complexity index is 554. The highest BCUT2D eigenvalue weighted by atomic mass is 32.2. The number of hydrogen-bond acceptors (Lipinski definition) is 5. The van der Waals surface area contributed by atoms with Crippen LogP contribution in [0.4, 0.5) is 5.69 Å². The molecule has 0 amide bonds. The molecular weight excluding hydrogens is 254 g/mol. The van der Waals surface area contributed by atoms with Gasteiger partial charge in [0.15, 0.2) is 0 Å². The summed E-state index contributed by atoms with van der Waals surface area (Å²) in [4.78, 5) is 4.20. The molecule has 1 aliphatic rings. The standard InChI is InChI=1S/C11H15N3O3S/c1-18(15,16)14-9-3-2-4-10(7-9)17-8-11-12-5-6-13-11/h2-4,7,14H,5-6,8H2,1H3,(H,12,13). The van der Waals surface area contributed by atoms with Crippen LogP contribution in [0.5, 0.6) is 5.75 Å². The Morgan fingerprint density at radius 3 is 3.00 bits per heavy atom. The van der Waals surface area contributed by atoms with E-state index in [0.29, 0.717) is 18.0 Å². The van der Waals surface area contributed by atoms with Gasteiger partial charge < -0.3 is 10.1 Å². The van der Waals surface area contributed by atoms with Crippen LogP contribution in [0.2, 0.25) is 0 Å². The number of ether oxygens (including phenoxy) is 1. The molecule has 6 nitrogen and oxygen atoms in total. The molecule has 18 heavy (non-hydrogen) atoms. The lowest BCUT2D eigenvalue weighted by molar-refractivity contribution is 0.374. The topological polar surface area (TPSA) is 79.8 Å².